The zero-order valence-corrected chi connectivity index (χ0v) is 10.5. The number of aryl methyl sites for hydroxylation is 2. The van der Waals surface area contributed by atoms with E-state index in [1.165, 1.54) is 5.56 Å². The third-order valence-electron chi connectivity index (χ3n) is 2.03. The Morgan fingerprint density at radius 3 is 2.75 bits per heavy atom. The van der Waals surface area contributed by atoms with Crippen LogP contribution in [0.5, 0.6) is 0 Å². The molecule has 0 bridgehead atoms. The Morgan fingerprint density at radius 1 is 1.50 bits per heavy atom. The molecule has 0 saturated heterocycles. The van der Waals surface area contributed by atoms with Crippen molar-refractivity contribution in [3.8, 4) is 0 Å². The van der Waals surface area contributed by atoms with E-state index in [0.717, 1.165) is 10.7 Å². The minimum atomic E-state index is -0.867. The molecule has 0 fully saturated rings. The van der Waals surface area contributed by atoms with Gasteiger partial charge in [-0.25, -0.2) is 9.78 Å². The fraction of sp³-hybridized carbons (Fsp3) is 0.333. The molecular weight excluding hydrogens is 222 g/mol. The molecule has 0 unspecified atom stereocenters. The Morgan fingerprint density at radius 2 is 2.19 bits per heavy atom. The summed E-state index contributed by atoms with van der Waals surface area (Å²) in [4.78, 5) is 14.9. The zero-order chi connectivity index (χ0) is 12.1. The predicted molar refractivity (Wildman–Crippen MR) is 65.8 cm³/mol. The second-order valence-electron chi connectivity index (χ2n) is 3.63. The molecule has 0 atom stereocenters. The van der Waals surface area contributed by atoms with Crippen LogP contribution in [0, 0.1) is 13.8 Å². The first kappa shape index (κ1) is 12.8. The van der Waals surface area contributed by atoms with Gasteiger partial charge in [0.2, 0.25) is 0 Å². The number of hydrogen-bond acceptors (Lipinski definition) is 3. The van der Waals surface area contributed by atoms with Crippen LogP contribution < -0.4 is 0 Å². The highest BCUT2D eigenvalue weighted by Gasteiger charge is 2.00. The molecule has 0 aliphatic carbocycles. The molecule has 86 valence electrons. The first-order chi connectivity index (χ1) is 7.49. The molecule has 0 aromatic carbocycles. The van der Waals surface area contributed by atoms with Crippen LogP contribution in [0.2, 0.25) is 0 Å². The quantitative estimate of drug-likeness (QED) is 0.646. The zero-order valence-electron chi connectivity index (χ0n) is 9.65. The molecule has 0 aliphatic heterocycles. The Hall–Kier alpha value is -1.29. The van der Waals surface area contributed by atoms with Crippen LogP contribution >= 0.6 is 11.8 Å². The third-order valence-corrected chi connectivity index (χ3v) is 2.87. The third kappa shape index (κ3) is 4.06. The van der Waals surface area contributed by atoms with E-state index >= 15 is 0 Å². The normalized spacial score (nSPS) is 11.6. The van der Waals surface area contributed by atoms with Crippen LogP contribution in [0.1, 0.15) is 18.2 Å². The Labute approximate surface area is 99.6 Å². The van der Waals surface area contributed by atoms with E-state index in [1.54, 1.807) is 24.8 Å². The lowest BCUT2D eigenvalue weighted by Gasteiger charge is -2.02. The van der Waals surface area contributed by atoms with Crippen molar-refractivity contribution >= 4 is 17.7 Å². The number of hydrogen-bond donors (Lipinski definition) is 1. The molecule has 1 aromatic rings. The van der Waals surface area contributed by atoms with Gasteiger partial charge in [0.05, 0.1) is 5.03 Å². The molecule has 1 heterocycles. The number of pyridine rings is 1. The lowest BCUT2D eigenvalue weighted by Crippen LogP contribution is -1.96. The standard InChI is InChI=1S/C12H15NO2S/c1-8-6-10(3)13-11(7-8)16-5-4-9(2)12(14)15/h4,6-7H,5H2,1-3H3,(H,14,15)/b9-4-. The van der Waals surface area contributed by atoms with Crippen LogP contribution in [0.25, 0.3) is 0 Å². The molecule has 1 aromatic heterocycles. The van der Waals surface area contributed by atoms with Gasteiger partial charge in [0, 0.05) is 17.0 Å². The van der Waals surface area contributed by atoms with Gasteiger partial charge in [-0.05, 0) is 38.5 Å². The summed E-state index contributed by atoms with van der Waals surface area (Å²) in [7, 11) is 0. The van der Waals surface area contributed by atoms with E-state index in [9.17, 15) is 4.79 Å². The largest absolute Gasteiger partial charge is 0.478 e. The predicted octanol–water partition coefficient (Wildman–Crippen LogP) is 2.82. The smallest absolute Gasteiger partial charge is 0.330 e. The van der Waals surface area contributed by atoms with Crippen LogP contribution in [0.3, 0.4) is 0 Å². The van der Waals surface area contributed by atoms with E-state index in [1.807, 2.05) is 26.0 Å². The van der Waals surface area contributed by atoms with Gasteiger partial charge in [0.25, 0.3) is 0 Å². The number of thioether (sulfide) groups is 1. The van der Waals surface area contributed by atoms with Crippen LogP contribution in [0.15, 0.2) is 28.8 Å². The second kappa shape index (κ2) is 5.70. The summed E-state index contributed by atoms with van der Waals surface area (Å²) in [6.07, 6.45) is 1.70. The second-order valence-corrected chi connectivity index (χ2v) is 4.67. The lowest BCUT2D eigenvalue weighted by atomic mass is 10.3. The number of rotatable bonds is 4. The average Bonchev–Trinajstić information content (AvgIpc) is 2.15. The summed E-state index contributed by atoms with van der Waals surface area (Å²) in [6.45, 7) is 5.57. The van der Waals surface area contributed by atoms with Crippen molar-refractivity contribution < 1.29 is 9.90 Å². The Kier molecular flexibility index (Phi) is 4.55. The van der Waals surface area contributed by atoms with E-state index < -0.39 is 5.97 Å². The molecule has 0 spiro atoms. The lowest BCUT2D eigenvalue weighted by molar-refractivity contribution is -0.132. The SMILES string of the molecule is C/C(=C/CSc1cc(C)cc(C)n1)C(=O)O. The Bertz CT molecular complexity index is 407. The van der Waals surface area contributed by atoms with Gasteiger partial charge < -0.3 is 5.11 Å². The van der Waals surface area contributed by atoms with Crippen molar-refractivity contribution in [2.75, 3.05) is 5.75 Å². The minimum Gasteiger partial charge on any atom is -0.478 e. The van der Waals surface area contributed by atoms with E-state index in [-0.39, 0.29) is 0 Å². The summed E-state index contributed by atoms with van der Waals surface area (Å²) in [5.74, 6) is -0.234. The average molecular weight is 237 g/mol. The summed E-state index contributed by atoms with van der Waals surface area (Å²) in [5.41, 5.74) is 2.53. The maximum absolute atomic E-state index is 10.6. The molecule has 3 nitrogen and oxygen atoms in total. The van der Waals surface area contributed by atoms with Gasteiger partial charge in [0.15, 0.2) is 0 Å². The van der Waals surface area contributed by atoms with Crippen molar-refractivity contribution in [3.05, 3.63) is 35.0 Å². The van der Waals surface area contributed by atoms with E-state index in [2.05, 4.69) is 4.98 Å². The van der Waals surface area contributed by atoms with Crippen molar-refractivity contribution in [2.24, 2.45) is 0 Å². The highest BCUT2D eigenvalue weighted by molar-refractivity contribution is 7.99. The molecular formula is C12H15NO2S. The van der Waals surface area contributed by atoms with E-state index in [0.29, 0.717) is 11.3 Å². The first-order valence-corrected chi connectivity index (χ1v) is 5.95. The maximum atomic E-state index is 10.6. The topological polar surface area (TPSA) is 50.2 Å². The number of aliphatic carboxylic acids is 1. The van der Waals surface area contributed by atoms with Gasteiger partial charge in [-0.3, -0.25) is 0 Å². The maximum Gasteiger partial charge on any atom is 0.330 e. The van der Waals surface area contributed by atoms with Crippen molar-refractivity contribution in [1.29, 1.82) is 0 Å². The molecule has 0 aliphatic rings. The molecule has 4 heteroatoms. The molecule has 1 N–H and O–H groups in total. The fourth-order valence-corrected chi connectivity index (χ4v) is 2.20. The monoisotopic (exact) mass is 237 g/mol. The number of carboxylic acids is 1. The van der Waals surface area contributed by atoms with Crippen LogP contribution in [-0.2, 0) is 4.79 Å². The first-order valence-electron chi connectivity index (χ1n) is 4.97. The van der Waals surface area contributed by atoms with Gasteiger partial charge >= 0.3 is 5.97 Å². The highest BCUT2D eigenvalue weighted by atomic mass is 32.2. The van der Waals surface area contributed by atoms with Gasteiger partial charge in [0.1, 0.15) is 0 Å². The molecule has 1 rings (SSSR count). The molecule has 0 saturated carbocycles. The highest BCUT2D eigenvalue weighted by Crippen LogP contribution is 2.18. The molecule has 16 heavy (non-hydrogen) atoms. The van der Waals surface area contributed by atoms with Gasteiger partial charge in [-0.1, -0.05) is 6.08 Å². The van der Waals surface area contributed by atoms with Crippen LogP contribution in [0.4, 0.5) is 0 Å². The van der Waals surface area contributed by atoms with E-state index in [4.69, 9.17) is 5.11 Å². The van der Waals surface area contributed by atoms with Crippen molar-refractivity contribution in [1.82, 2.24) is 4.98 Å². The summed E-state index contributed by atoms with van der Waals surface area (Å²) >= 11 is 1.54. The summed E-state index contributed by atoms with van der Waals surface area (Å²) in [5, 5.41) is 9.61. The van der Waals surface area contributed by atoms with Gasteiger partial charge in [-0.2, -0.15) is 0 Å². The number of nitrogens with zero attached hydrogens (tertiary/aromatic N) is 1. The number of aromatic nitrogens is 1. The number of carbonyl (C=O) groups is 1. The van der Waals surface area contributed by atoms with Crippen molar-refractivity contribution in [2.45, 2.75) is 25.8 Å². The summed E-state index contributed by atoms with van der Waals surface area (Å²) in [6, 6.07) is 4.02. The number of carboxylic acid groups (broad SMARTS) is 1. The molecule has 0 radical (unpaired) electrons. The van der Waals surface area contributed by atoms with Crippen molar-refractivity contribution in [3.63, 3.8) is 0 Å². The summed E-state index contributed by atoms with van der Waals surface area (Å²) < 4.78 is 0. The minimum absolute atomic E-state index is 0.372. The van der Waals surface area contributed by atoms with Crippen LogP contribution in [-0.4, -0.2) is 21.8 Å². The Balaban J connectivity index is 2.62. The van der Waals surface area contributed by atoms with Gasteiger partial charge in [-0.15, -0.1) is 11.8 Å². The molecule has 0 amide bonds. The fourth-order valence-electron chi connectivity index (χ4n) is 1.22.